The lowest BCUT2D eigenvalue weighted by atomic mass is 10.2. The van der Waals surface area contributed by atoms with Crippen molar-refractivity contribution in [2.75, 3.05) is 25.0 Å². The molecule has 0 bridgehead atoms. The highest BCUT2D eigenvalue weighted by Crippen LogP contribution is 2.11. The Hall–Kier alpha value is -1.75. The number of rotatable bonds is 7. The molecular weight excluding hydrogens is 254 g/mol. The van der Waals surface area contributed by atoms with Crippen LogP contribution in [0.4, 0.5) is 10.5 Å². The van der Waals surface area contributed by atoms with E-state index >= 15 is 0 Å². The molecule has 0 aliphatic heterocycles. The third-order valence-electron chi connectivity index (χ3n) is 2.86. The quantitative estimate of drug-likeness (QED) is 0.715. The van der Waals surface area contributed by atoms with Gasteiger partial charge in [0, 0.05) is 31.4 Å². The van der Waals surface area contributed by atoms with Gasteiger partial charge < -0.3 is 20.6 Å². The van der Waals surface area contributed by atoms with Crippen LogP contribution in [0, 0.1) is 0 Å². The molecule has 5 heteroatoms. The Morgan fingerprint density at radius 3 is 2.75 bits per heavy atom. The molecule has 2 amide bonds. The molecule has 0 heterocycles. The van der Waals surface area contributed by atoms with Gasteiger partial charge in [0.05, 0.1) is 6.61 Å². The number of aliphatic hydroxyl groups is 1. The number of urea groups is 1. The number of benzene rings is 1. The molecular formula is C15H25N3O2. The van der Waals surface area contributed by atoms with E-state index in [9.17, 15) is 4.79 Å². The van der Waals surface area contributed by atoms with Crippen molar-refractivity contribution >= 4 is 11.7 Å². The summed E-state index contributed by atoms with van der Waals surface area (Å²) < 4.78 is 0. The molecule has 0 saturated carbocycles. The molecule has 20 heavy (non-hydrogen) atoms. The van der Waals surface area contributed by atoms with E-state index in [1.807, 2.05) is 31.2 Å². The average Bonchev–Trinajstić information content (AvgIpc) is 2.42. The smallest absolute Gasteiger partial charge is 0.317 e. The Kier molecular flexibility index (Phi) is 6.87. The first kappa shape index (κ1) is 16.3. The fourth-order valence-corrected chi connectivity index (χ4v) is 1.92. The van der Waals surface area contributed by atoms with E-state index in [-0.39, 0.29) is 12.6 Å². The van der Waals surface area contributed by atoms with Gasteiger partial charge in [-0.3, -0.25) is 0 Å². The molecule has 0 aliphatic rings. The van der Waals surface area contributed by atoms with Crippen LogP contribution in [0.1, 0.15) is 26.3 Å². The summed E-state index contributed by atoms with van der Waals surface area (Å²) in [5.74, 6) is 0. The van der Waals surface area contributed by atoms with Crippen molar-refractivity contribution in [3.63, 3.8) is 0 Å². The largest absolute Gasteiger partial charge is 0.395 e. The predicted octanol–water partition coefficient (Wildman–Crippen LogP) is 2.03. The van der Waals surface area contributed by atoms with E-state index in [0.717, 1.165) is 11.3 Å². The molecule has 0 unspecified atom stereocenters. The van der Waals surface area contributed by atoms with Gasteiger partial charge in [-0.15, -0.1) is 0 Å². The molecule has 1 rings (SSSR count). The number of carbonyl (C=O) groups excluding carboxylic acids is 1. The number of carbonyl (C=O) groups is 1. The van der Waals surface area contributed by atoms with Crippen LogP contribution in [0.25, 0.3) is 0 Å². The molecule has 0 saturated heterocycles. The number of amides is 2. The first-order valence-corrected chi connectivity index (χ1v) is 7.06. The van der Waals surface area contributed by atoms with Gasteiger partial charge in [-0.25, -0.2) is 4.79 Å². The second-order valence-corrected chi connectivity index (χ2v) is 4.96. The van der Waals surface area contributed by atoms with E-state index in [0.29, 0.717) is 25.7 Å². The maximum absolute atomic E-state index is 11.9. The molecule has 0 radical (unpaired) electrons. The number of hydrogen-bond acceptors (Lipinski definition) is 3. The van der Waals surface area contributed by atoms with Crippen LogP contribution in [-0.4, -0.2) is 41.8 Å². The Morgan fingerprint density at radius 1 is 1.40 bits per heavy atom. The maximum atomic E-state index is 11.9. The zero-order valence-electron chi connectivity index (χ0n) is 12.5. The Bertz CT molecular complexity index is 421. The van der Waals surface area contributed by atoms with Crippen LogP contribution in [-0.2, 0) is 6.54 Å². The van der Waals surface area contributed by atoms with Gasteiger partial charge in [0.15, 0.2) is 0 Å². The van der Waals surface area contributed by atoms with Gasteiger partial charge in [0.2, 0.25) is 0 Å². The Morgan fingerprint density at radius 2 is 2.15 bits per heavy atom. The van der Waals surface area contributed by atoms with E-state index < -0.39 is 0 Å². The van der Waals surface area contributed by atoms with Crippen LogP contribution in [0.2, 0.25) is 0 Å². The molecule has 0 atom stereocenters. The topological polar surface area (TPSA) is 64.6 Å². The van der Waals surface area contributed by atoms with Crippen molar-refractivity contribution < 1.29 is 9.90 Å². The number of nitrogens with one attached hydrogen (secondary N) is 2. The lowest BCUT2D eigenvalue weighted by molar-refractivity contribution is 0.180. The van der Waals surface area contributed by atoms with Crippen molar-refractivity contribution in [3.05, 3.63) is 29.8 Å². The number of aliphatic hydroxyl groups excluding tert-OH is 1. The van der Waals surface area contributed by atoms with Gasteiger partial charge in [-0.05, 0) is 38.5 Å². The molecule has 0 fully saturated rings. The highest BCUT2D eigenvalue weighted by Gasteiger charge is 2.09. The zero-order chi connectivity index (χ0) is 15.0. The monoisotopic (exact) mass is 279 g/mol. The third-order valence-corrected chi connectivity index (χ3v) is 2.86. The summed E-state index contributed by atoms with van der Waals surface area (Å²) in [7, 11) is 0. The summed E-state index contributed by atoms with van der Waals surface area (Å²) in [4.78, 5) is 13.5. The van der Waals surface area contributed by atoms with Gasteiger partial charge in [0.1, 0.15) is 0 Å². The van der Waals surface area contributed by atoms with Gasteiger partial charge in [-0.2, -0.15) is 0 Å². The van der Waals surface area contributed by atoms with Crippen molar-refractivity contribution in [1.29, 1.82) is 0 Å². The minimum absolute atomic E-state index is 0.0188. The summed E-state index contributed by atoms with van der Waals surface area (Å²) in [6.45, 7) is 7.47. The molecule has 0 aromatic heterocycles. The first-order valence-electron chi connectivity index (χ1n) is 7.06. The average molecular weight is 279 g/mol. The standard InChI is InChI=1S/C15H25N3O2/c1-4-18(8-9-19)15(20)16-11-13-6-5-7-14(10-13)17-12(2)3/h5-7,10,12,17,19H,4,8-9,11H2,1-3H3,(H,16,20). The molecule has 0 aliphatic carbocycles. The van der Waals surface area contributed by atoms with Crippen LogP contribution < -0.4 is 10.6 Å². The summed E-state index contributed by atoms with van der Waals surface area (Å²) in [5.41, 5.74) is 2.10. The number of anilines is 1. The molecule has 112 valence electrons. The second kappa shape index (κ2) is 8.43. The highest BCUT2D eigenvalue weighted by molar-refractivity contribution is 5.74. The molecule has 5 nitrogen and oxygen atoms in total. The van der Waals surface area contributed by atoms with Crippen molar-refractivity contribution in [1.82, 2.24) is 10.2 Å². The summed E-state index contributed by atoms with van der Waals surface area (Å²) in [5, 5.41) is 15.1. The Labute approximate surface area is 121 Å². The molecule has 0 spiro atoms. The van der Waals surface area contributed by atoms with E-state index in [4.69, 9.17) is 5.11 Å². The maximum Gasteiger partial charge on any atom is 0.317 e. The molecule has 1 aromatic rings. The minimum Gasteiger partial charge on any atom is -0.395 e. The van der Waals surface area contributed by atoms with E-state index in [2.05, 4.69) is 24.5 Å². The van der Waals surface area contributed by atoms with Crippen molar-refractivity contribution in [3.8, 4) is 0 Å². The predicted molar refractivity (Wildman–Crippen MR) is 81.8 cm³/mol. The SMILES string of the molecule is CCN(CCO)C(=O)NCc1cccc(NC(C)C)c1. The van der Waals surface area contributed by atoms with Crippen LogP contribution >= 0.6 is 0 Å². The Balaban J connectivity index is 2.54. The fraction of sp³-hybridized carbons (Fsp3) is 0.533. The lowest BCUT2D eigenvalue weighted by Crippen LogP contribution is -2.41. The first-order chi connectivity index (χ1) is 9.56. The van der Waals surface area contributed by atoms with Crippen LogP contribution in [0.5, 0.6) is 0 Å². The second-order valence-electron chi connectivity index (χ2n) is 4.96. The normalized spacial score (nSPS) is 10.4. The summed E-state index contributed by atoms with van der Waals surface area (Å²) in [6, 6.07) is 8.22. The van der Waals surface area contributed by atoms with E-state index in [1.165, 1.54) is 0 Å². The van der Waals surface area contributed by atoms with Crippen molar-refractivity contribution in [2.45, 2.75) is 33.4 Å². The lowest BCUT2D eigenvalue weighted by Gasteiger charge is -2.20. The number of hydrogen-bond donors (Lipinski definition) is 3. The summed E-state index contributed by atoms with van der Waals surface area (Å²) in [6.07, 6.45) is 0. The van der Waals surface area contributed by atoms with Gasteiger partial charge in [-0.1, -0.05) is 12.1 Å². The van der Waals surface area contributed by atoms with Crippen LogP contribution in [0.3, 0.4) is 0 Å². The highest BCUT2D eigenvalue weighted by atomic mass is 16.3. The van der Waals surface area contributed by atoms with E-state index in [1.54, 1.807) is 4.90 Å². The number of likely N-dealkylation sites (N-methyl/N-ethyl adjacent to an activating group) is 1. The van der Waals surface area contributed by atoms with Crippen molar-refractivity contribution in [2.24, 2.45) is 0 Å². The fourth-order valence-electron chi connectivity index (χ4n) is 1.92. The van der Waals surface area contributed by atoms with Gasteiger partial charge in [0.25, 0.3) is 0 Å². The van der Waals surface area contributed by atoms with Gasteiger partial charge >= 0.3 is 6.03 Å². The van der Waals surface area contributed by atoms with Crippen LogP contribution in [0.15, 0.2) is 24.3 Å². The molecule has 3 N–H and O–H groups in total. The summed E-state index contributed by atoms with van der Waals surface area (Å²) >= 11 is 0. The molecule has 1 aromatic carbocycles. The number of nitrogens with zero attached hydrogens (tertiary/aromatic N) is 1. The third kappa shape index (κ3) is 5.48. The minimum atomic E-state index is -0.149. The zero-order valence-corrected chi connectivity index (χ0v) is 12.5.